The quantitative estimate of drug-likeness (QED) is 0.484. The highest BCUT2D eigenvalue weighted by atomic mass is 16.6. The smallest absolute Gasteiger partial charge is 0.158 e. The molecular weight excluding hydrogens is 202 g/mol. The highest BCUT2D eigenvalue weighted by molar-refractivity contribution is 6.14. The molecule has 4 nitrogen and oxygen atoms in total. The number of benzene rings is 2. The van der Waals surface area contributed by atoms with E-state index >= 15 is 0 Å². The predicted molar refractivity (Wildman–Crippen MR) is 61.2 cm³/mol. The molecule has 4 rings (SSSR count). The van der Waals surface area contributed by atoms with Gasteiger partial charge < -0.3 is 0 Å². The fourth-order valence-corrected chi connectivity index (χ4v) is 2.12. The third-order valence-electron chi connectivity index (χ3n) is 2.87. The highest BCUT2D eigenvalue weighted by Crippen LogP contribution is 2.29. The molecule has 4 aromatic rings. The van der Waals surface area contributed by atoms with Crippen molar-refractivity contribution in [3.8, 4) is 0 Å². The van der Waals surface area contributed by atoms with Gasteiger partial charge in [0.25, 0.3) is 0 Å². The Morgan fingerprint density at radius 3 is 2.88 bits per heavy atom. The topological polar surface area (TPSA) is 54.7 Å². The summed E-state index contributed by atoms with van der Waals surface area (Å²) in [6.07, 6.45) is 0. The zero-order valence-corrected chi connectivity index (χ0v) is 8.27. The van der Waals surface area contributed by atoms with Crippen LogP contribution in [0, 0.1) is 0 Å². The van der Waals surface area contributed by atoms with E-state index in [2.05, 4.69) is 21.4 Å². The minimum atomic E-state index is 0.786. The van der Waals surface area contributed by atoms with Crippen molar-refractivity contribution < 1.29 is 4.63 Å². The van der Waals surface area contributed by atoms with Gasteiger partial charge in [0, 0.05) is 10.8 Å². The first-order valence-electron chi connectivity index (χ1n) is 5.05. The highest BCUT2D eigenvalue weighted by Gasteiger charge is 2.10. The van der Waals surface area contributed by atoms with Gasteiger partial charge in [-0.2, -0.15) is 5.16 Å². The lowest BCUT2D eigenvalue weighted by Gasteiger charge is -1.89. The molecule has 0 saturated carbocycles. The Balaban J connectivity index is 2.38. The number of hydrogen-bond acceptors (Lipinski definition) is 3. The van der Waals surface area contributed by atoms with Crippen molar-refractivity contribution in [1.29, 1.82) is 0 Å². The van der Waals surface area contributed by atoms with Crippen molar-refractivity contribution in [2.45, 2.75) is 0 Å². The third-order valence-corrected chi connectivity index (χ3v) is 2.87. The first kappa shape index (κ1) is 7.87. The van der Waals surface area contributed by atoms with E-state index in [0.29, 0.717) is 0 Å². The summed E-state index contributed by atoms with van der Waals surface area (Å²) in [7, 11) is 0. The summed E-state index contributed by atoms with van der Waals surface area (Å²) in [5, 5.41) is 8.95. The van der Waals surface area contributed by atoms with E-state index in [0.717, 1.165) is 32.8 Å². The summed E-state index contributed by atoms with van der Waals surface area (Å²) in [4.78, 5) is 4.57. The van der Waals surface area contributed by atoms with Crippen LogP contribution in [0.15, 0.2) is 41.0 Å². The van der Waals surface area contributed by atoms with Gasteiger partial charge in [-0.25, -0.2) is 4.98 Å². The molecule has 0 aliphatic heterocycles. The minimum absolute atomic E-state index is 0.786. The first-order chi connectivity index (χ1) is 7.93. The minimum Gasteiger partial charge on any atom is -0.270 e. The number of nitrogens with zero attached hydrogens (tertiary/aromatic N) is 2. The standard InChI is InChI=1S/C12H7N3O/c1-2-4-9-7(3-1)8-5-6-10-12(11(8)13-9)15-16-14-10/h1-6,14H. The van der Waals surface area contributed by atoms with Crippen molar-refractivity contribution >= 4 is 32.8 Å². The molecule has 2 heterocycles. The van der Waals surface area contributed by atoms with Crippen molar-refractivity contribution in [2.75, 3.05) is 0 Å². The van der Waals surface area contributed by atoms with Crippen molar-refractivity contribution in [3.63, 3.8) is 0 Å². The van der Waals surface area contributed by atoms with E-state index in [1.165, 1.54) is 0 Å². The molecule has 0 amide bonds. The van der Waals surface area contributed by atoms with Crippen LogP contribution < -0.4 is 0 Å². The lowest BCUT2D eigenvalue weighted by atomic mass is 10.1. The van der Waals surface area contributed by atoms with Crippen LogP contribution in [0.3, 0.4) is 0 Å². The Labute approximate surface area is 89.8 Å². The average Bonchev–Trinajstić information content (AvgIpc) is 2.92. The normalized spacial score (nSPS) is 11.8. The number of rotatable bonds is 0. The van der Waals surface area contributed by atoms with Crippen molar-refractivity contribution in [1.82, 2.24) is 15.3 Å². The average molecular weight is 209 g/mol. The Bertz CT molecular complexity index is 813. The van der Waals surface area contributed by atoms with Crippen LogP contribution in [-0.4, -0.2) is 15.3 Å². The Morgan fingerprint density at radius 1 is 0.938 bits per heavy atom. The molecule has 0 saturated heterocycles. The number of aromatic nitrogens is 3. The Kier molecular flexibility index (Phi) is 1.28. The van der Waals surface area contributed by atoms with E-state index in [4.69, 9.17) is 4.63 Å². The number of fused-ring (bicyclic) bond motifs is 5. The van der Waals surface area contributed by atoms with Gasteiger partial charge in [0.2, 0.25) is 0 Å². The molecular formula is C12H7N3O. The molecule has 0 fully saturated rings. The Hall–Kier alpha value is -2.36. The summed E-state index contributed by atoms with van der Waals surface area (Å²) in [6, 6.07) is 12.1. The van der Waals surface area contributed by atoms with Gasteiger partial charge in [-0.05, 0) is 18.2 Å². The second-order valence-corrected chi connectivity index (χ2v) is 3.77. The molecule has 76 valence electrons. The molecule has 4 heteroatoms. The number of para-hydroxylation sites is 1. The van der Waals surface area contributed by atoms with Gasteiger partial charge in [0.1, 0.15) is 11.0 Å². The van der Waals surface area contributed by atoms with E-state index in [-0.39, 0.29) is 0 Å². The molecule has 0 bridgehead atoms. The van der Waals surface area contributed by atoms with Crippen LogP contribution >= 0.6 is 0 Å². The van der Waals surface area contributed by atoms with Crippen molar-refractivity contribution in [3.05, 3.63) is 36.4 Å². The zero-order valence-electron chi connectivity index (χ0n) is 8.27. The van der Waals surface area contributed by atoms with Crippen LogP contribution in [0.1, 0.15) is 0 Å². The second-order valence-electron chi connectivity index (χ2n) is 3.77. The molecule has 0 spiro atoms. The summed E-state index contributed by atoms with van der Waals surface area (Å²) >= 11 is 0. The van der Waals surface area contributed by atoms with Gasteiger partial charge in [0.15, 0.2) is 5.52 Å². The SMILES string of the molecule is c1ccc2c(c1)nc1c2ccc2[nH]onc21. The van der Waals surface area contributed by atoms with E-state index in [9.17, 15) is 0 Å². The summed E-state index contributed by atoms with van der Waals surface area (Å²) in [5.41, 5.74) is 3.54. The monoisotopic (exact) mass is 209 g/mol. The molecule has 2 aromatic heterocycles. The van der Waals surface area contributed by atoms with Gasteiger partial charge in [-0.1, -0.05) is 23.4 Å². The molecule has 16 heavy (non-hydrogen) atoms. The molecule has 0 aliphatic carbocycles. The Morgan fingerprint density at radius 2 is 1.88 bits per heavy atom. The second kappa shape index (κ2) is 2.61. The molecule has 1 N–H and O–H groups in total. The number of aromatic amines is 1. The van der Waals surface area contributed by atoms with E-state index in [1.54, 1.807) is 0 Å². The van der Waals surface area contributed by atoms with Gasteiger partial charge in [-0.15, -0.1) is 0 Å². The fourth-order valence-electron chi connectivity index (χ4n) is 2.12. The maximum atomic E-state index is 4.85. The van der Waals surface area contributed by atoms with Crippen LogP contribution in [0.2, 0.25) is 0 Å². The third kappa shape index (κ3) is 0.839. The first-order valence-corrected chi connectivity index (χ1v) is 5.05. The predicted octanol–water partition coefficient (Wildman–Crippen LogP) is 2.86. The summed E-state index contributed by atoms with van der Waals surface area (Å²) in [6.45, 7) is 0. The lowest BCUT2D eigenvalue weighted by Crippen LogP contribution is -1.72. The molecule has 0 unspecified atom stereocenters. The maximum Gasteiger partial charge on any atom is 0.158 e. The number of H-pyrrole nitrogens is 1. The van der Waals surface area contributed by atoms with E-state index in [1.807, 2.05) is 30.3 Å². The number of nitrogens with one attached hydrogen (secondary N) is 1. The van der Waals surface area contributed by atoms with Gasteiger partial charge in [-0.3, -0.25) is 4.63 Å². The van der Waals surface area contributed by atoms with E-state index < -0.39 is 0 Å². The zero-order chi connectivity index (χ0) is 10.5. The largest absolute Gasteiger partial charge is 0.270 e. The maximum absolute atomic E-state index is 4.85. The van der Waals surface area contributed by atoms with Gasteiger partial charge >= 0.3 is 0 Å². The summed E-state index contributed by atoms with van der Waals surface area (Å²) < 4.78 is 4.85. The van der Waals surface area contributed by atoms with Crippen LogP contribution in [0.5, 0.6) is 0 Å². The van der Waals surface area contributed by atoms with Crippen LogP contribution in [0.25, 0.3) is 32.8 Å². The van der Waals surface area contributed by atoms with Crippen LogP contribution in [-0.2, 0) is 0 Å². The molecule has 0 aliphatic rings. The van der Waals surface area contributed by atoms with Crippen LogP contribution in [0.4, 0.5) is 0 Å². The summed E-state index contributed by atoms with van der Waals surface area (Å²) in [5.74, 6) is 0. The molecule has 0 atom stereocenters. The van der Waals surface area contributed by atoms with Crippen molar-refractivity contribution in [2.24, 2.45) is 0 Å². The molecule has 2 aromatic carbocycles. The van der Waals surface area contributed by atoms with Gasteiger partial charge in [0.05, 0.1) is 5.52 Å². The lowest BCUT2D eigenvalue weighted by molar-refractivity contribution is 0.315. The molecule has 0 radical (unpaired) electrons. The fraction of sp³-hybridized carbons (Fsp3) is 0. The number of hydrogen-bond donors (Lipinski definition) is 1.